The van der Waals surface area contributed by atoms with E-state index >= 15 is 0 Å². The highest BCUT2D eigenvalue weighted by molar-refractivity contribution is 7.99. The quantitative estimate of drug-likeness (QED) is 0.0762. The van der Waals surface area contributed by atoms with Crippen LogP contribution >= 0.6 is 11.8 Å². The standard InChI is InChI=1S/C33H58N4O10S/c1-23(38)36-30-32(46-26(4)41)31(45-25(3)40)27(22-44-24(2)39)47-33(30)48-21-15-9-14-20-37(6)29(43)17-11-8-13-19-35-28(42)16-10-7-12-18-34-5/h27,30-34H,7-22H2,1-6H3,(H,35,42)(H,36,38). The van der Waals surface area contributed by atoms with Crippen LogP contribution in [0.25, 0.3) is 0 Å². The van der Waals surface area contributed by atoms with Gasteiger partial charge in [0.1, 0.15) is 24.2 Å². The summed E-state index contributed by atoms with van der Waals surface area (Å²) in [7, 11) is 3.73. The van der Waals surface area contributed by atoms with Crippen LogP contribution in [-0.2, 0) is 47.7 Å². The third kappa shape index (κ3) is 19.2. The van der Waals surface area contributed by atoms with Crippen molar-refractivity contribution >= 4 is 47.4 Å². The summed E-state index contributed by atoms with van der Waals surface area (Å²) in [4.78, 5) is 73.7. The maximum Gasteiger partial charge on any atom is 0.303 e. The number of hydrogen-bond acceptors (Lipinski definition) is 12. The van der Waals surface area contributed by atoms with Gasteiger partial charge in [-0.15, -0.1) is 11.8 Å². The lowest BCUT2D eigenvalue weighted by atomic mass is 9.97. The second-order valence-electron chi connectivity index (χ2n) is 12.0. The minimum atomic E-state index is -1.11. The van der Waals surface area contributed by atoms with Gasteiger partial charge in [0.2, 0.25) is 17.7 Å². The molecule has 0 aromatic carbocycles. The first-order valence-corrected chi connectivity index (χ1v) is 18.1. The highest BCUT2D eigenvalue weighted by Crippen LogP contribution is 2.33. The van der Waals surface area contributed by atoms with Crippen LogP contribution in [-0.4, -0.2) is 116 Å². The largest absolute Gasteiger partial charge is 0.463 e. The number of rotatable bonds is 24. The molecular weight excluding hydrogens is 644 g/mol. The van der Waals surface area contributed by atoms with E-state index in [1.54, 1.807) is 11.9 Å². The lowest BCUT2D eigenvalue weighted by molar-refractivity contribution is -0.211. The summed E-state index contributed by atoms with van der Waals surface area (Å²) in [6.45, 7) is 6.99. The van der Waals surface area contributed by atoms with Crippen LogP contribution in [0.1, 0.15) is 98.3 Å². The molecule has 0 aromatic heterocycles. The van der Waals surface area contributed by atoms with Gasteiger partial charge in [-0.25, -0.2) is 0 Å². The van der Waals surface area contributed by atoms with E-state index in [2.05, 4.69) is 16.0 Å². The molecule has 1 saturated heterocycles. The van der Waals surface area contributed by atoms with Crippen molar-refractivity contribution in [3.8, 4) is 0 Å². The van der Waals surface area contributed by atoms with Gasteiger partial charge >= 0.3 is 17.9 Å². The van der Waals surface area contributed by atoms with E-state index in [4.69, 9.17) is 18.9 Å². The summed E-state index contributed by atoms with van der Waals surface area (Å²) >= 11 is 1.41. The number of hydrogen-bond donors (Lipinski definition) is 3. The van der Waals surface area contributed by atoms with Crippen LogP contribution in [0.4, 0.5) is 0 Å². The van der Waals surface area contributed by atoms with Crippen molar-refractivity contribution in [1.82, 2.24) is 20.9 Å². The van der Waals surface area contributed by atoms with Gasteiger partial charge in [0, 0.05) is 60.7 Å². The summed E-state index contributed by atoms with van der Waals surface area (Å²) in [5.74, 6) is -1.38. The molecule has 276 valence electrons. The van der Waals surface area contributed by atoms with Crippen molar-refractivity contribution in [1.29, 1.82) is 0 Å². The third-order valence-corrected chi connectivity index (χ3v) is 8.89. The maximum absolute atomic E-state index is 12.6. The molecule has 1 rings (SSSR count). The van der Waals surface area contributed by atoms with Gasteiger partial charge in [-0.3, -0.25) is 28.8 Å². The Morgan fingerprint density at radius 2 is 1.38 bits per heavy atom. The smallest absolute Gasteiger partial charge is 0.303 e. The Morgan fingerprint density at radius 3 is 2.00 bits per heavy atom. The molecule has 5 atom stereocenters. The SMILES string of the molecule is CNCCCCCC(=O)NCCCCCC(=O)N(C)CCCCCSC1OC(COC(C)=O)C(OC(C)=O)C(OC(C)=O)C1NC(C)=O. The van der Waals surface area contributed by atoms with Crippen LogP contribution in [0.5, 0.6) is 0 Å². The molecule has 1 fully saturated rings. The summed E-state index contributed by atoms with van der Waals surface area (Å²) in [6.07, 6.45) is 5.91. The second kappa shape index (κ2) is 25.1. The van der Waals surface area contributed by atoms with E-state index in [9.17, 15) is 28.8 Å². The zero-order valence-corrected chi connectivity index (χ0v) is 30.5. The summed E-state index contributed by atoms with van der Waals surface area (Å²) in [5.41, 5.74) is -0.684. The fourth-order valence-corrected chi connectivity index (χ4v) is 6.49. The van der Waals surface area contributed by atoms with E-state index < -0.39 is 47.7 Å². The highest BCUT2D eigenvalue weighted by atomic mass is 32.2. The Morgan fingerprint density at radius 1 is 0.750 bits per heavy atom. The van der Waals surface area contributed by atoms with Crippen LogP contribution in [0.3, 0.4) is 0 Å². The molecule has 1 aliphatic heterocycles. The zero-order valence-electron chi connectivity index (χ0n) is 29.6. The van der Waals surface area contributed by atoms with Gasteiger partial charge < -0.3 is 39.8 Å². The molecule has 5 unspecified atom stereocenters. The Labute approximate surface area is 289 Å². The molecule has 0 saturated carbocycles. The van der Waals surface area contributed by atoms with Gasteiger partial charge in [-0.1, -0.05) is 19.3 Å². The Kier molecular flexibility index (Phi) is 22.6. The van der Waals surface area contributed by atoms with Crippen molar-refractivity contribution in [3.05, 3.63) is 0 Å². The Hall–Kier alpha value is -2.91. The van der Waals surface area contributed by atoms with E-state index in [1.165, 1.54) is 39.5 Å². The molecule has 0 bridgehead atoms. The first-order valence-electron chi connectivity index (χ1n) is 17.0. The van der Waals surface area contributed by atoms with Gasteiger partial charge in [0.15, 0.2) is 12.2 Å². The lowest BCUT2D eigenvalue weighted by Crippen LogP contribution is -2.65. The average molecular weight is 703 g/mol. The molecule has 0 spiro atoms. The molecule has 0 radical (unpaired) electrons. The van der Waals surface area contributed by atoms with Crippen molar-refractivity contribution in [2.24, 2.45) is 0 Å². The fourth-order valence-electron chi connectivity index (χ4n) is 5.23. The molecule has 1 heterocycles. The Bertz CT molecular complexity index is 1020. The molecule has 15 heteroatoms. The summed E-state index contributed by atoms with van der Waals surface area (Å²) in [5, 5.41) is 8.83. The van der Waals surface area contributed by atoms with E-state index in [-0.39, 0.29) is 24.3 Å². The summed E-state index contributed by atoms with van der Waals surface area (Å²) < 4.78 is 22.3. The number of carbonyl (C=O) groups excluding carboxylic acids is 6. The highest BCUT2D eigenvalue weighted by Gasteiger charge is 2.50. The number of nitrogens with one attached hydrogen (secondary N) is 3. The van der Waals surface area contributed by atoms with Crippen molar-refractivity contribution in [2.45, 2.75) is 128 Å². The number of ether oxygens (including phenoxy) is 4. The first kappa shape index (κ1) is 43.1. The third-order valence-electron chi connectivity index (χ3n) is 7.64. The molecular formula is C33H58N4O10S. The van der Waals surface area contributed by atoms with Crippen molar-refractivity contribution in [2.75, 3.05) is 46.1 Å². The second-order valence-corrected chi connectivity index (χ2v) is 13.2. The van der Waals surface area contributed by atoms with E-state index in [0.29, 0.717) is 31.7 Å². The summed E-state index contributed by atoms with van der Waals surface area (Å²) in [6, 6.07) is -0.826. The number of nitrogens with zero attached hydrogens (tertiary/aromatic N) is 1. The van der Waals surface area contributed by atoms with Gasteiger partial charge in [0.05, 0.1) is 0 Å². The number of thioether (sulfide) groups is 1. The number of carbonyl (C=O) groups is 6. The van der Waals surface area contributed by atoms with Crippen molar-refractivity contribution < 1.29 is 47.7 Å². The predicted octanol–water partition coefficient (Wildman–Crippen LogP) is 2.46. The molecule has 0 aromatic rings. The molecule has 3 amide bonds. The zero-order chi connectivity index (χ0) is 35.9. The lowest BCUT2D eigenvalue weighted by Gasteiger charge is -2.45. The number of amides is 3. The van der Waals surface area contributed by atoms with Crippen LogP contribution in [0, 0.1) is 0 Å². The monoisotopic (exact) mass is 702 g/mol. The molecule has 48 heavy (non-hydrogen) atoms. The predicted molar refractivity (Wildman–Crippen MR) is 182 cm³/mol. The minimum Gasteiger partial charge on any atom is -0.463 e. The van der Waals surface area contributed by atoms with Crippen molar-refractivity contribution in [3.63, 3.8) is 0 Å². The number of esters is 3. The topological polar surface area (TPSA) is 179 Å². The first-order chi connectivity index (χ1) is 22.8. The van der Waals surface area contributed by atoms with E-state index in [1.807, 2.05) is 7.05 Å². The van der Waals surface area contributed by atoms with Gasteiger partial charge in [-0.05, 0) is 57.9 Å². The Balaban J connectivity index is 2.48. The molecule has 3 N–H and O–H groups in total. The maximum atomic E-state index is 12.6. The van der Waals surface area contributed by atoms with Crippen LogP contribution in [0.2, 0.25) is 0 Å². The average Bonchev–Trinajstić information content (AvgIpc) is 3.01. The minimum absolute atomic E-state index is 0.0926. The fraction of sp³-hybridized carbons (Fsp3) is 0.818. The van der Waals surface area contributed by atoms with E-state index in [0.717, 1.165) is 64.3 Å². The molecule has 0 aliphatic carbocycles. The van der Waals surface area contributed by atoms with Gasteiger partial charge in [-0.2, -0.15) is 0 Å². The van der Waals surface area contributed by atoms with Gasteiger partial charge in [0.25, 0.3) is 0 Å². The van der Waals surface area contributed by atoms with Crippen LogP contribution in [0.15, 0.2) is 0 Å². The number of unbranched alkanes of at least 4 members (excludes halogenated alkanes) is 6. The molecule has 1 aliphatic rings. The molecule has 14 nitrogen and oxygen atoms in total. The van der Waals surface area contributed by atoms with Crippen LogP contribution < -0.4 is 16.0 Å². The normalized spacial score (nSPS) is 20.3.